The Morgan fingerprint density at radius 2 is 1.92 bits per heavy atom. The lowest BCUT2D eigenvalue weighted by Crippen LogP contribution is -2.24. The number of hydrogen-bond acceptors (Lipinski definition) is 6. The van der Waals surface area contributed by atoms with Crippen LogP contribution in [0.1, 0.15) is 31.4 Å². The Kier molecular flexibility index (Phi) is 9.84. The Balaban J connectivity index is 2.16. The summed E-state index contributed by atoms with van der Waals surface area (Å²) in [4.78, 5) is 16.4. The maximum absolute atomic E-state index is 12.8. The van der Waals surface area contributed by atoms with Crippen LogP contribution < -0.4 is 15.0 Å². The molecule has 0 saturated heterocycles. The first-order chi connectivity index (χ1) is 18.6. The second kappa shape index (κ2) is 13.1. The van der Waals surface area contributed by atoms with E-state index in [0.29, 0.717) is 29.3 Å². The van der Waals surface area contributed by atoms with E-state index in [1.165, 1.54) is 0 Å². The Morgan fingerprint density at radius 3 is 2.56 bits per heavy atom. The average Bonchev–Trinajstić information content (AvgIpc) is 3.32. The molecular weight excluding hydrogens is 488 g/mol. The minimum absolute atomic E-state index is 0.113. The molecule has 0 radical (unpaired) electrons. The van der Waals surface area contributed by atoms with Crippen LogP contribution in [0.3, 0.4) is 0 Å². The molecule has 0 spiro atoms. The fraction of sp³-hybridized carbons (Fsp3) is 0.323. The van der Waals surface area contributed by atoms with Crippen LogP contribution in [0.25, 0.3) is 16.9 Å². The van der Waals surface area contributed by atoms with Crippen molar-refractivity contribution in [3.05, 3.63) is 77.4 Å². The van der Waals surface area contributed by atoms with Gasteiger partial charge in [0, 0.05) is 38.0 Å². The van der Waals surface area contributed by atoms with Gasteiger partial charge in [0.15, 0.2) is 0 Å². The summed E-state index contributed by atoms with van der Waals surface area (Å²) in [5.74, 6) is 1.33. The molecule has 0 fully saturated rings. The van der Waals surface area contributed by atoms with Crippen LogP contribution in [0.2, 0.25) is 0 Å². The molecule has 1 aromatic heterocycles. The van der Waals surface area contributed by atoms with Crippen molar-refractivity contribution in [3.8, 4) is 22.7 Å². The molecule has 39 heavy (non-hydrogen) atoms. The topological polar surface area (TPSA) is 86.5 Å². The molecule has 2 aromatic carbocycles. The number of methoxy groups -OCH3 is 1. The van der Waals surface area contributed by atoms with Gasteiger partial charge in [0.25, 0.3) is 0 Å². The lowest BCUT2D eigenvalue weighted by Gasteiger charge is -2.17. The molecule has 0 atom stereocenters. The van der Waals surface area contributed by atoms with E-state index < -0.39 is 0 Å². The van der Waals surface area contributed by atoms with Crippen molar-refractivity contribution in [2.45, 2.75) is 27.2 Å². The summed E-state index contributed by atoms with van der Waals surface area (Å²) < 4.78 is 7.38. The first-order valence-electron chi connectivity index (χ1n) is 13.0. The van der Waals surface area contributed by atoms with E-state index >= 15 is 0 Å². The van der Waals surface area contributed by atoms with E-state index in [0.717, 1.165) is 40.2 Å². The summed E-state index contributed by atoms with van der Waals surface area (Å²) in [7, 11) is 9.15. The molecule has 1 heterocycles. The van der Waals surface area contributed by atoms with Crippen molar-refractivity contribution in [2.75, 3.05) is 52.1 Å². The quantitative estimate of drug-likeness (QED) is 0.246. The molecule has 3 aromatic rings. The molecule has 1 amide bonds. The number of aromatic nitrogens is 2. The van der Waals surface area contributed by atoms with E-state index in [-0.39, 0.29) is 5.91 Å². The van der Waals surface area contributed by atoms with E-state index in [1.807, 2.05) is 94.5 Å². The summed E-state index contributed by atoms with van der Waals surface area (Å²) in [6.45, 7) is 6.78. The van der Waals surface area contributed by atoms with Gasteiger partial charge in [-0.05, 0) is 70.3 Å². The average molecular weight is 529 g/mol. The van der Waals surface area contributed by atoms with Crippen LogP contribution in [0.15, 0.2) is 66.3 Å². The third kappa shape index (κ3) is 6.83. The second-order valence-electron chi connectivity index (χ2n) is 9.76. The highest BCUT2D eigenvalue weighted by molar-refractivity contribution is 6.14. The number of carbonyl (C=O) groups excluding carboxylic acids is 1. The van der Waals surface area contributed by atoms with Crippen LogP contribution >= 0.6 is 0 Å². The molecular formula is C31H40N6O2. The van der Waals surface area contributed by atoms with Crippen LogP contribution in [-0.4, -0.2) is 68.1 Å². The number of nitrogens with one attached hydrogen (secondary N) is 2. The van der Waals surface area contributed by atoms with Crippen molar-refractivity contribution >= 4 is 23.1 Å². The molecule has 0 aliphatic rings. The Hall–Kier alpha value is -4.17. The molecule has 3 rings (SSSR count). The largest absolute Gasteiger partial charge is 0.496 e. The fourth-order valence-corrected chi connectivity index (χ4v) is 4.12. The first kappa shape index (κ1) is 29.4. The number of nitrogens with zero attached hydrogens (tertiary/aromatic N) is 4. The summed E-state index contributed by atoms with van der Waals surface area (Å²) in [6, 6.07) is 13.6. The van der Waals surface area contributed by atoms with E-state index in [9.17, 15) is 4.79 Å². The van der Waals surface area contributed by atoms with Crippen molar-refractivity contribution in [1.29, 1.82) is 5.41 Å². The first-order valence-corrected chi connectivity index (χ1v) is 13.0. The number of benzene rings is 2. The number of allylic oxidation sites excluding steroid dienone is 2. The molecule has 8 nitrogen and oxygen atoms in total. The van der Waals surface area contributed by atoms with E-state index in [2.05, 4.69) is 12.2 Å². The van der Waals surface area contributed by atoms with Gasteiger partial charge in [-0.15, -0.1) is 0 Å². The van der Waals surface area contributed by atoms with Crippen molar-refractivity contribution < 1.29 is 9.53 Å². The standard InChI is InChI=1S/C31H40N6O2/c1-9-21(2)18-26(32)29-30(23-16-15-22(3)27(19-23)39-8)34-37(31(29)33-4)25-13-10-12-24(20-25)36(7)28(38)14-11-17-35(5)6/h10-16,18-20,32-33H,9,17H2,1-8H3/b14-11?,21-18+,32-26?. The third-order valence-corrected chi connectivity index (χ3v) is 6.54. The van der Waals surface area contributed by atoms with Gasteiger partial charge in [-0.2, -0.15) is 5.10 Å². The predicted molar refractivity (Wildman–Crippen MR) is 162 cm³/mol. The highest BCUT2D eigenvalue weighted by Gasteiger charge is 2.23. The Labute approximate surface area is 232 Å². The SMILES string of the molecule is CC/C(C)=C/C(=N)c1c(-c2ccc(C)c(OC)c2)nn(-c2cccc(N(C)C(=O)C=CCN(C)C)c2)c1NC. The van der Waals surface area contributed by atoms with Crippen LogP contribution in [0.4, 0.5) is 11.5 Å². The zero-order valence-corrected chi connectivity index (χ0v) is 24.3. The monoisotopic (exact) mass is 528 g/mol. The zero-order chi connectivity index (χ0) is 28.7. The van der Waals surface area contributed by atoms with Gasteiger partial charge in [-0.25, -0.2) is 4.68 Å². The van der Waals surface area contributed by atoms with Gasteiger partial charge in [-0.1, -0.05) is 36.8 Å². The summed E-state index contributed by atoms with van der Waals surface area (Å²) in [5, 5.41) is 17.3. The maximum Gasteiger partial charge on any atom is 0.250 e. The number of carbonyl (C=O) groups is 1. The minimum Gasteiger partial charge on any atom is -0.496 e. The van der Waals surface area contributed by atoms with Gasteiger partial charge >= 0.3 is 0 Å². The van der Waals surface area contributed by atoms with E-state index in [1.54, 1.807) is 29.8 Å². The lowest BCUT2D eigenvalue weighted by atomic mass is 10.0. The summed E-state index contributed by atoms with van der Waals surface area (Å²) in [5.41, 5.74) is 6.21. The fourth-order valence-electron chi connectivity index (χ4n) is 4.12. The maximum atomic E-state index is 12.8. The van der Waals surface area contributed by atoms with E-state index in [4.69, 9.17) is 15.2 Å². The number of likely N-dealkylation sites (N-methyl/N-ethyl adjacent to an activating group) is 2. The minimum atomic E-state index is -0.113. The molecule has 2 N–H and O–H groups in total. The number of aryl methyl sites for hydroxylation is 1. The number of ether oxygens (including phenoxy) is 1. The third-order valence-electron chi connectivity index (χ3n) is 6.54. The zero-order valence-electron chi connectivity index (χ0n) is 24.3. The highest BCUT2D eigenvalue weighted by atomic mass is 16.5. The summed E-state index contributed by atoms with van der Waals surface area (Å²) in [6.07, 6.45) is 6.18. The van der Waals surface area contributed by atoms with Crippen molar-refractivity contribution in [3.63, 3.8) is 0 Å². The number of hydrogen-bond donors (Lipinski definition) is 2. The van der Waals surface area contributed by atoms with Crippen molar-refractivity contribution in [2.24, 2.45) is 0 Å². The predicted octanol–water partition coefficient (Wildman–Crippen LogP) is 5.70. The van der Waals surface area contributed by atoms with Gasteiger partial charge in [0.05, 0.1) is 24.1 Å². The molecule has 0 aliphatic heterocycles. The van der Waals surface area contributed by atoms with Gasteiger partial charge in [-0.3, -0.25) is 4.79 Å². The normalized spacial score (nSPS) is 11.8. The molecule has 206 valence electrons. The van der Waals surface area contributed by atoms with Crippen LogP contribution in [-0.2, 0) is 4.79 Å². The Morgan fingerprint density at radius 1 is 1.18 bits per heavy atom. The second-order valence-corrected chi connectivity index (χ2v) is 9.76. The van der Waals surface area contributed by atoms with Gasteiger partial charge in [0.2, 0.25) is 5.91 Å². The summed E-state index contributed by atoms with van der Waals surface area (Å²) >= 11 is 0. The molecule has 0 aliphatic carbocycles. The molecule has 0 bridgehead atoms. The van der Waals surface area contributed by atoms with Crippen molar-refractivity contribution in [1.82, 2.24) is 14.7 Å². The van der Waals surface area contributed by atoms with Gasteiger partial charge < -0.3 is 25.3 Å². The van der Waals surface area contributed by atoms with Crippen LogP contribution in [0.5, 0.6) is 5.75 Å². The highest BCUT2D eigenvalue weighted by Crippen LogP contribution is 2.35. The smallest absolute Gasteiger partial charge is 0.250 e. The molecule has 0 unspecified atom stereocenters. The number of amides is 1. The molecule has 8 heteroatoms. The molecule has 0 saturated carbocycles. The number of rotatable bonds is 11. The number of anilines is 2. The van der Waals surface area contributed by atoms with Crippen LogP contribution in [0, 0.1) is 12.3 Å². The Bertz CT molecular complexity index is 1400. The van der Waals surface area contributed by atoms with Gasteiger partial charge in [0.1, 0.15) is 17.3 Å². The lowest BCUT2D eigenvalue weighted by molar-refractivity contribution is -0.113.